The van der Waals surface area contributed by atoms with Gasteiger partial charge in [-0.2, -0.15) is 0 Å². The van der Waals surface area contributed by atoms with Crippen LogP contribution in [-0.2, 0) is 24.4 Å². The minimum atomic E-state index is -0.0711. The Morgan fingerprint density at radius 2 is 1.63 bits per heavy atom. The van der Waals surface area contributed by atoms with Crippen molar-refractivity contribution < 1.29 is 19.0 Å². The Balaban J connectivity index is 1.49. The number of methoxy groups -OCH3 is 2. The van der Waals surface area contributed by atoms with Crippen molar-refractivity contribution in [2.45, 2.75) is 26.5 Å². The van der Waals surface area contributed by atoms with Gasteiger partial charge in [-0.25, -0.2) is 0 Å². The van der Waals surface area contributed by atoms with Crippen molar-refractivity contribution in [2.75, 3.05) is 14.2 Å². The molecule has 0 aliphatic heterocycles. The number of hydrogen-bond acceptors (Lipinski definition) is 4. The van der Waals surface area contributed by atoms with E-state index < -0.39 is 0 Å². The van der Waals surface area contributed by atoms with Gasteiger partial charge >= 0.3 is 0 Å². The van der Waals surface area contributed by atoms with Crippen LogP contribution in [0.25, 0.3) is 0 Å². The summed E-state index contributed by atoms with van der Waals surface area (Å²) < 4.78 is 16.4. The van der Waals surface area contributed by atoms with E-state index in [1.807, 2.05) is 42.5 Å². The molecule has 0 radical (unpaired) electrons. The van der Waals surface area contributed by atoms with E-state index >= 15 is 0 Å². The third kappa shape index (κ3) is 6.01. The summed E-state index contributed by atoms with van der Waals surface area (Å²) in [5.41, 5.74) is 4.18. The van der Waals surface area contributed by atoms with Crippen LogP contribution in [0.15, 0.2) is 66.7 Å². The number of aryl methyl sites for hydroxylation is 1. The molecular formula is C25H27NO4. The molecule has 3 rings (SSSR count). The van der Waals surface area contributed by atoms with Crippen LogP contribution >= 0.6 is 0 Å². The maximum atomic E-state index is 12.3. The number of benzene rings is 3. The molecule has 3 aromatic rings. The first kappa shape index (κ1) is 21.2. The molecule has 156 valence electrons. The van der Waals surface area contributed by atoms with E-state index in [2.05, 4.69) is 30.4 Å². The zero-order chi connectivity index (χ0) is 21.3. The van der Waals surface area contributed by atoms with Crippen molar-refractivity contribution in [1.82, 2.24) is 5.32 Å². The fourth-order valence-electron chi connectivity index (χ4n) is 3.11. The molecule has 3 aromatic carbocycles. The van der Waals surface area contributed by atoms with E-state index in [9.17, 15) is 4.79 Å². The molecule has 0 saturated carbocycles. The molecule has 1 amide bonds. The molecule has 0 atom stereocenters. The van der Waals surface area contributed by atoms with Crippen LogP contribution in [0.2, 0.25) is 0 Å². The van der Waals surface area contributed by atoms with Gasteiger partial charge < -0.3 is 19.5 Å². The maximum absolute atomic E-state index is 12.3. The highest BCUT2D eigenvalue weighted by Gasteiger charge is 2.10. The van der Waals surface area contributed by atoms with Gasteiger partial charge in [0.25, 0.3) is 0 Å². The summed E-state index contributed by atoms with van der Waals surface area (Å²) in [5, 5.41) is 2.94. The van der Waals surface area contributed by atoms with Gasteiger partial charge in [0.2, 0.25) is 5.91 Å². The van der Waals surface area contributed by atoms with E-state index in [0.717, 1.165) is 22.4 Å². The molecule has 5 heteroatoms. The second kappa shape index (κ2) is 10.3. The van der Waals surface area contributed by atoms with Crippen LogP contribution in [0.5, 0.6) is 17.2 Å². The van der Waals surface area contributed by atoms with Gasteiger partial charge in [-0.15, -0.1) is 0 Å². The van der Waals surface area contributed by atoms with Crippen LogP contribution in [0.4, 0.5) is 0 Å². The lowest BCUT2D eigenvalue weighted by molar-refractivity contribution is -0.120. The molecule has 5 nitrogen and oxygen atoms in total. The molecule has 0 aliphatic carbocycles. The second-order valence-corrected chi connectivity index (χ2v) is 7.05. The largest absolute Gasteiger partial charge is 0.497 e. The van der Waals surface area contributed by atoms with E-state index in [-0.39, 0.29) is 12.3 Å². The highest BCUT2D eigenvalue weighted by atomic mass is 16.5. The minimum Gasteiger partial charge on any atom is -0.497 e. The fraction of sp³-hybridized carbons (Fsp3) is 0.240. The van der Waals surface area contributed by atoms with E-state index in [0.29, 0.717) is 24.7 Å². The Labute approximate surface area is 177 Å². The van der Waals surface area contributed by atoms with Crippen molar-refractivity contribution in [3.8, 4) is 17.2 Å². The lowest BCUT2D eigenvalue weighted by Gasteiger charge is -2.11. The van der Waals surface area contributed by atoms with Crippen molar-refractivity contribution >= 4 is 5.91 Å². The number of carbonyl (C=O) groups excluding carboxylic acids is 1. The molecule has 0 aromatic heterocycles. The number of nitrogens with one attached hydrogen (secondary N) is 1. The summed E-state index contributed by atoms with van der Waals surface area (Å²) in [4.78, 5) is 12.3. The number of amides is 1. The van der Waals surface area contributed by atoms with E-state index in [1.165, 1.54) is 5.56 Å². The molecule has 0 heterocycles. The standard InChI is InChI=1S/C25H27NO4/c1-18-5-4-6-20(13-18)17-30-22-10-7-19(8-11-22)16-26-25(27)14-21-9-12-23(28-2)15-24(21)29-3/h4-13,15H,14,16-17H2,1-3H3,(H,26,27). The zero-order valence-electron chi connectivity index (χ0n) is 17.6. The maximum Gasteiger partial charge on any atom is 0.224 e. The van der Waals surface area contributed by atoms with E-state index in [1.54, 1.807) is 20.3 Å². The normalized spacial score (nSPS) is 10.4. The predicted octanol–water partition coefficient (Wildman–Crippen LogP) is 4.45. The monoisotopic (exact) mass is 405 g/mol. The van der Waals surface area contributed by atoms with Crippen molar-refractivity contribution in [3.63, 3.8) is 0 Å². The average Bonchev–Trinajstić information content (AvgIpc) is 2.77. The number of hydrogen-bond donors (Lipinski definition) is 1. The highest BCUT2D eigenvalue weighted by Crippen LogP contribution is 2.25. The van der Waals surface area contributed by atoms with Crippen LogP contribution in [-0.4, -0.2) is 20.1 Å². The first-order valence-corrected chi connectivity index (χ1v) is 9.82. The van der Waals surface area contributed by atoms with Crippen molar-refractivity contribution in [2.24, 2.45) is 0 Å². The number of rotatable bonds is 9. The first-order chi connectivity index (χ1) is 14.6. The Hall–Kier alpha value is -3.47. The fourth-order valence-corrected chi connectivity index (χ4v) is 3.11. The van der Waals surface area contributed by atoms with Crippen molar-refractivity contribution in [3.05, 3.63) is 89.0 Å². The predicted molar refractivity (Wildman–Crippen MR) is 117 cm³/mol. The molecular weight excluding hydrogens is 378 g/mol. The van der Waals surface area contributed by atoms with Gasteiger partial charge in [0.1, 0.15) is 23.9 Å². The molecule has 30 heavy (non-hydrogen) atoms. The molecule has 0 aliphatic rings. The van der Waals surface area contributed by atoms with Crippen LogP contribution in [0, 0.1) is 6.92 Å². The van der Waals surface area contributed by atoms with Crippen LogP contribution < -0.4 is 19.5 Å². The third-order valence-electron chi connectivity index (χ3n) is 4.75. The van der Waals surface area contributed by atoms with Gasteiger partial charge in [0.15, 0.2) is 0 Å². The summed E-state index contributed by atoms with van der Waals surface area (Å²) in [6.45, 7) is 3.05. The number of carbonyl (C=O) groups is 1. The van der Waals surface area contributed by atoms with Crippen LogP contribution in [0.1, 0.15) is 22.3 Å². The second-order valence-electron chi connectivity index (χ2n) is 7.05. The number of ether oxygens (including phenoxy) is 3. The van der Waals surface area contributed by atoms with Gasteiger partial charge in [-0.3, -0.25) is 4.79 Å². The third-order valence-corrected chi connectivity index (χ3v) is 4.75. The van der Waals surface area contributed by atoms with E-state index in [4.69, 9.17) is 14.2 Å². The Morgan fingerprint density at radius 1 is 0.867 bits per heavy atom. The highest BCUT2D eigenvalue weighted by molar-refractivity contribution is 5.79. The quantitative estimate of drug-likeness (QED) is 0.571. The minimum absolute atomic E-state index is 0.0711. The summed E-state index contributed by atoms with van der Waals surface area (Å²) in [5.74, 6) is 2.06. The van der Waals surface area contributed by atoms with Gasteiger partial charge in [-0.1, -0.05) is 48.0 Å². The smallest absolute Gasteiger partial charge is 0.224 e. The van der Waals surface area contributed by atoms with Crippen molar-refractivity contribution in [1.29, 1.82) is 0 Å². The molecule has 0 spiro atoms. The van der Waals surface area contributed by atoms with Crippen LogP contribution in [0.3, 0.4) is 0 Å². The summed E-state index contributed by atoms with van der Waals surface area (Å²) in [7, 11) is 3.18. The lowest BCUT2D eigenvalue weighted by atomic mass is 10.1. The Morgan fingerprint density at radius 3 is 2.33 bits per heavy atom. The lowest BCUT2D eigenvalue weighted by Crippen LogP contribution is -2.24. The molecule has 0 unspecified atom stereocenters. The zero-order valence-corrected chi connectivity index (χ0v) is 17.6. The summed E-state index contributed by atoms with van der Waals surface area (Å²) in [6.07, 6.45) is 0.241. The topological polar surface area (TPSA) is 56.8 Å². The molecule has 0 bridgehead atoms. The van der Waals surface area contributed by atoms with Gasteiger partial charge in [0, 0.05) is 18.2 Å². The molecule has 1 N–H and O–H groups in total. The molecule has 0 fully saturated rings. The average molecular weight is 405 g/mol. The summed E-state index contributed by atoms with van der Waals surface area (Å²) in [6, 6.07) is 21.5. The van der Waals surface area contributed by atoms with Gasteiger partial charge in [0.05, 0.1) is 20.6 Å². The summed E-state index contributed by atoms with van der Waals surface area (Å²) >= 11 is 0. The van der Waals surface area contributed by atoms with Gasteiger partial charge in [-0.05, 0) is 36.2 Å². The Bertz CT molecular complexity index is 983. The first-order valence-electron chi connectivity index (χ1n) is 9.82. The Kier molecular flexibility index (Phi) is 7.33. The molecule has 0 saturated heterocycles. The SMILES string of the molecule is COc1ccc(CC(=O)NCc2ccc(OCc3cccc(C)c3)cc2)c(OC)c1.